The molecule has 0 aliphatic heterocycles. The van der Waals surface area contributed by atoms with Crippen LogP contribution >= 0.6 is 9.82 Å². The van der Waals surface area contributed by atoms with E-state index in [-0.39, 0.29) is 22.5 Å². The van der Waals surface area contributed by atoms with Gasteiger partial charge in [0.25, 0.3) is 0 Å². The zero-order valence-electron chi connectivity index (χ0n) is 1.67. The molecule has 4 heavy (non-hydrogen) atoms. The maximum absolute atomic E-state index is 4.09. The van der Waals surface area contributed by atoms with Crippen LogP contribution in [-0.4, -0.2) is 5.48 Å². The summed E-state index contributed by atoms with van der Waals surface area (Å²) in [6, 6.07) is 0. The van der Waals surface area contributed by atoms with Crippen LogP contribution in [0.25, 0.3) is 0 Å². The molecule has 0 aromatic carbocycles. The molecule has 0 aliphatic carbocycles. The van der Waals surface area contributed by atoms with Crippen molar-refractivity contribution in [2.24, 2.45) is 0 Å². The van der Waals surface area contributed by atoms with Crippen molar-refractivity contribution in [1.82, 2.24) is 0 Å². The van der Waals surface area contributed by atoms with Gasteiger partial charge in [0.1, 0.15) is 0 Å². The Kier molecular flexibility index (Phi) is 119. The Morgan fingerprint density at radius 1 is 1.25 bits per heavy atom. The number of hydrogen-bond acceptors (Lipinski definition) is 1. The molecule has 28 valence electrons. The standard InChI is InChI=1S/Fe.Mo.H2O.S/h;;1H2;. The molecular formula is H2FeMoOS. The SMILES string of the molecule is O.[Fe].[S]=[Mo]. The van der Waals surface area contributed by atoms with Gasteiger partial charge in [0.15, 0.2) is 0 Å². The van der Waals surface area contributed by atoms with Crippen molar-refractivity contribution in [2.75, 3.05) is 0 Å². The Bertz CT molecular complexity index is 8.00. The fourth-order valence-electron chi connectivity index (χ4n) is 0. The topological polar surface area (TPSA) is 31.5 Å². The van der Waals surface area contributed by atoms with Crippen LogP contribution < -0.4 is 0 Å². The fraction of sp³-hybridized carbons (Fsp3) is 0. The molecule has 0 aromatic heterocycles. The van der Waals surface area contributed by atoms with E-state index in [9.17, 15) is 0 Å². The molecule has 0 fully saturated rings. The van der Waals surface area contributed by atoms with Crippen molar-refractivity contribution in [1.29, 1.82) is 0 Å². The van der Waals surface area contributed by atoms with E-state index in [4.69, 9.17) is 0 Å². The normalized spacial score (nSPS) is 1.00. The Balaban J connectivity index is -0.00000000500. The van der Waals surface area contributed by atoms with Gasteiger partial charge in [-0.3, -0.25) is 0 Å². The minimum atomic E-state index is 0. The molecule has 2 N–H and O–H groups in total. The van der Waals surface area contributed by atoms with Crippen molar-refractivity contribution in [2.45, 2.75) is 0 Å². The van der Waals surface area contributed by atoms with Gasteiger partial charge in [-0.05, 0) is 0 Å². The molecule has 0 aliphatic rings. The Labute approximate surface area is 50.3 Å². The second-order valence-electron chi connectivity index (χ2n) is 0. The number of hydrogen-bond donors (Lipinski definition) is 0. The van der Waals surface area contributed by atoms with Crippen LogP contribution in [0.5, 0.6) is 0 Å². The molecule has 0 rings (SSSR count). The molecule has 0 atom stereocenters. The van der Waals surface area contributed by atoms with Crippen molar-refractivity contribution in [3.05, 3.63) is 0 Å². The van der Waals surface area contributed by atoms with Gasteiger partial charge in [0.05, 0.1) is 0 Å². The first-order valence-corrected chi connectivity index (χ1v) is 2.96. The predicted molar refractivity (Wildman–Crippen MR) is 11.2 cm³/mol. The van der Waals surface area contributed by atoms with E-state index >= 15 is 0 Å². The van der Waals surface area contributed by atoms with E-state index in [1.165, 1.54) is 18.0 Å². The number of rotatable bonds is 0. The van der Waals surface area contributed by atoms with Gasteiger partial charge < -0.3 is 5.48 Å². The average Bonchev–Trinajstić information content (AvgIpc) is 1.00. The zero-order chi connectivity index (χ0) is 2.00. The van der Waals surface area contributed by atoms with Crippen LogP contribution in [-0.2, 0) is 35.1 Å². The van der Waals surface area contributed by atoms with Crippen molar-refractivity contribution in [3.63, 3.8) is 0 Å². The monoisotopic (exact) mass is 204 g/mol. The second kappa shape index (κ2) is 26.1. The third-order valence-corrected chi connectivity index (χ3v) is 0. The van der Waals surface area contributed by atoms with Crippen LogP contribution in [0.3, 0.4) is 0 Å². The van der Waals surface area contributed by atoms with Gasteiger partial charge in [-0.2, -0.15) is 0 Å². The summed E-state index contributed by atoms with van der Waals surface area (Å²) in [6.45, 7) is 0. The van der Waals surface area contributed by atoms with Gasteiger partial charge in [-0.1, -0.05) is 0 Å². The Hall–Kier alpha value is 1.39. The molecule has 0 amide bonds. The van der Waals surface area contributed by atoms with E-state index in [0.717, 1.165) is 0 Å². The first-order chi connectivity index (χ1) is 1.00. The average molecular weight is 202 g/mol. The van der Waals surface area contributed by atoms with Gasteiger partial charge in [-0.15, -0.1) is 0 Å². The van der Waals surface area contributed by atoms with Crippen molar-refractivity contribution < 1.29 is 40.5 Å². The summed E-state index contributed by atoms with van der Waals surface area (Å²) in [7, 11) is 4.09. The summed E-state index contributed by atoms with van der Waals surface area (Å²) < 4.78 is 0. The first-order valence-electron chi connectivity index (χ1n) is 0.167. The fourth-order valence-corrected chi connectivity index (χ4v) is 0. The van der Waals surface area contributed by atoms with Gasteiger partial charge in [-0.25, -0.2) is 0 Å². The van der Waals surface area contributed by atoms with E-state index in [1.54, 1.807) is 0 Å². The quantitative estimate of drug-likeness (QED) is 0.501. The van der Waals surface area contributed by atoms with E-state index < -0.39 is 0 Å². The van der Waals surface area contributed by atoms with Crippen LogP contribution in [0.15, 0.2) is 0 Å². The molecule has 0 saturated carbocycles. The molecule has 0 heterocycles. The van der Waals surface area contributed by atoms with Gasteiger partial charge in [0.2, 0.25) is 0 Å². The van der Waals surface area contributed by atoms with Crippen LogP contribution in [0.4, 0.5) is 0 Å². The second-order valence-corrected chi connectivity index (χ2v) is 0. The van der Waals surface area contributed by atoms with Crippen molar-refractivity contribution in [3.8, 4) is 0 Å². The summed E-state index contributed by atoms with van der Waals surface area (Å²) in [5.74, 6) is 0. The molecule has 0 unspecified atom stereocenters. The summed E-state index contributed by atoms with van der Waals surface area (Å²) >= 11 is 1.53. The van der Waals surface area contributed by atoms with E-state index in [1.807, 2.05) is 0 Å². The molecule has 0 spiro atoms. The van der Waals surface area contributed by atoms with E-state index in [0.29, 0.717) is 0 Å². The van der Waals surface area contributed by atoms with Crippen LogP contribution in [0.2, 0.25) is 0 Å². The molecule has 1 nitrogen and oxygen atoms in total. The zero-order valence-corrected chi connectivity index (χ0v) is 5.60. The van der Waals surface area contributed by atoms with Gasteiger partial charge in [0, 0.05) is 17.1 Å². The first kappa shape index (κ1) is 18.2. The summed E-state index contributed by atoms with van der Waals surface area (Å²) in [6.07, 6.45) is 0. The molecule has 4 heteroatoms. The molecule has 0 saturated heterocycles. The predicted octanol–water partition coefficient (Wildman–Crippen LogP) is -0.181. The third kappa shape index (κ3) is 10.0. The maximum atomic E-state index is 4.09. The Morgan fingerprint density at radius 2 is 1.25 bits per heavy atom. The summed E-state index contributed by atoms with van der Waals surface area (Å²) in [4.78, 5) is 0. The van der Waals surface area contributed by atoms with Crippen molar-refractivity contribution >= 4 is 9.82 Å². The van der Waals surface area contributed by atoms with E-state index in [2.05, 4.69) is 9.82 Å². The van der Waals surface area contributed by atoms with Crippen LogP contribution in [0, 0.1) is 0 Å². The summed E-state index contributed by atoms with van der Waals surface area (Å²) in [5.41, 5.74) is 0. The molecular weight excluding hydrogens is 200 g/mol. The summed E-state index contributed by atoms with van der Waals surface area (Å²) in [5, 5.41) is 0. The van der Waals surface area contributed by atoms with Gasteiger partial charge >= 0.3 is 27.8 Å². The Morgan fingerprint density at radius 3 is 1.25 bits per heavy atom. The van der Waals surface area contributed by atoms with Crippen LogP contribution in [0.1, 0.15) is 0 Å². The molecule has 0 aromatic rings. The third-order valence-electron chi connectivity index (χ3n) is 0. The minimum absolute atomic E-state index is 0. The molecule has 0 bridgehead atoms. The molecule has 0 radical (unpaired) electrons.